The fourth-order valence-electron chi connectivity index (χ4n) is 2.60. The van der Waals surface area contributed by atoms with E-state index in [9.17, 15) is 8.78 Å². The molecule has 3 heterocycles. The highest BCUT2D eigenvalue weighted by Crippen LogP contribution is 2.20. The van der Waals surface area contributed by atoms with Crippen molar-refractivity contribution in [2.24, 2.45) is 21.5 Å². The van der Waals surface area contributed by atoms with Crippen LogP contribution in [-0.4, -0.2) is 48.8 Å². The normalized spacial score (nSPS) is 20.9. The Morgan fingerprint density at radius 3 is 2.81 bits per heavy atom. The van der Waals surface area contributed by atoms with Gasteiger partial charge in [0.25, 0.3) is 6.43 Å². The minimum atomic E-state index is -2.74. The third kappa shape index (κ3) is 4.66. The van der Waals surface area contributed by atoms with Crippen LogP contribution in [0.3, 0.4) is 0 Å². The van der Waals surface area contributed by atoms with Crippen molar-refractivity contribution in [1.29, 1.82) is 0 Å². The van der Waals surface area contributed by atoms with Gasteiger partial charge in [0, 0.05) is 42.8 Å². The van der Waals surface area contributed by atoms with Gasteiger partial charge in [0.05, 0.1) is 6.04 Å². The van der Waals surface area contributed by atoms with Crippen LogP contribution in [0.15, 0.2) is 40.3 Å². The van der Waals surface area contributed by atoms with Gasteiger partial charge in [-0.1, -0.05) is 0 Å². The van der Waals surface area contributed by atoms with Crippen molar-refractivity contribution in [3.63, 3.8) is 0 Å². The molecule has 7 N–H and O–H groups in total. The van der Waals surface area contributed by atoms with Crippen molar-refractivity contribution < 1.29 is 8.78 Å². The summed E-state index contributed by atoms with van der Waals surface area (Å²) in [6.07, 6.45) is 2.82. The van der Waals surface area contributed by atoms with E-state index in [0.717, 1.165) is 29.8 Å². The van der Waals surface area contributed by atoms with E-state index in [1.54, 1.807) is 18.5 Å². The molecule has 27 heavy (non-hydrogen) atoms. The highest BCUT2D eigenvalue weighted by molar-refractivity contribution is 6.10. The molecule has 10 heteroatoms. The van der Waals surface area contributed by atoms with Crippen LogP contribution in [0.25, 0.3) is 5.57 Å². The fraction of sp³-hybridized carbons (Fsp3) is 0.353. The Hall–Kier alpha value is -2.85. The smallest absolute Gasteiger partial charge is 0.295 e. The largest absolute Gasteiger partial charge is 0.404 e. The summed E-state index contributed by atoms with van der Waals surface area (Å²) < 4.78 is 25.7. The van der Waals surface area contributed by atoms with E-state index in [1.807, 2.05) is 6.92 Å². The number of aromatic nitrogens is 1. The number of hydrogen-bond donors (Lipinski definition) is 5. The number of alkyl halides is 2. The van der Waals surface area contributed by atoms with E-state index in [2.05, 4.69) is 30.9 Å². The molecule has 3 rings (SSSR count). The number of rotatable bonds is 6. The third-order valence-electron chi connectivity index (χ3n) is 4.14. The molecule has 0 spiro atoms. The van der Waals surface area contributed by atoms with Crippen LogP contribution in [0.4, 0.5) is 14.6 Å². The van der Waals surface area contributed by atoms with Gasteiger partial charge in [-0.2, -0.15) is 0 Å². The summed E-state index contributed by atoms with van der Waals surface area (Å²) in [6.45, 7) is 3.64. The second-order valence-electron chi connectivity index (χ2n) is 6.23. The molecule has 1 fully saturated rings. The molecule has 1 aromatic heterocycles. The molecule has 2 aliphatic rings. The molecule has 1 aromatic rings. The number of aliphatic imine (C=N–C) groups is 2. The second kappa shape index (κ2) is 8.23. The molecule has 1 atom stereocenters. The predicted molar refractivity (Wildman–Crippen MR) is 103 cm³/mol. The van der Waals surface area contributed by atoms with Gasteiger partial charge in [0.2, 0.25) is 0 Å². The number of allylic oxidation sites excluding steroid dienone is 1. The zero-order chi connectivity index (χ0) is 19.4. The quantitative estimate of drug-likeness (QED) is 0.461. The molecule has 0 bridgehead atoms. The first-order valence-corrected chi connectivity index (χ1v) is 8.46. The molecule has 0 aromatic carbocycles. The molecule has 1 unspecified atom stereocenters. The summed E-state index contributed by atoms with van der Waals surface area (Å²) in [6, 6.07) is 2.06. The molecule has 8 nitrogen and oxygen atoms in total. The summed E-state index contributed by atoms with van der Waals surface area (Å²) in [4.78, 5) is 12.4. The van der Waals surface area contributed by atoms with E-state index in [-0.39, 0.29) is 6.04 Å². The van der Waals surface area contributed by atoms with Gasteiger partial charge in [0.1, 0.15) is 17.8 Å². The van der Waals surface area contributed by atoms with Crippen LogP contribution < -0.4 is 27.4 Å². The van der Waals surface area contributed by atoms with E-state index in [0.29, 0.717) is 11.6 Å². The monoisotopic (exact) mass is 376 g/mol. The van der Waals surface area contributed by atoms with E-state index in [4.69, 9.17) is 11.5 Å². The lowest BCUT2D eigenvalue weighted by Gasteiger charge is -2.23. The number of halogens is 2. The van der Waals surface area contributed by atoms with Crippen LogP contribution in [0, 0.1) is 6.92 Å². The molecule has 1 saturated heterocycles. The fourth-order valence-corrected chi connectivity index (χ4v) is 2.60. The SMILES string of the molecule is Cc1cc(NC2=CC(N)N=C(C(F)F)N2)ncc1/C(C=NC1CNC1)=C/N. The Morgan fingerprint density at radius 1 is 1.44 bits per heavy atom. The maximum absolute atomic E-state index is 12.9. The minimum Gasteiger partial charge on any atom is -0.404 e. The van der Waals surface area contributed by atoms with Gasteiger partial charge < -0.3 is 27.4 Å². The number of aryl methyl sites for hydroxylation is 1. The molecular weight excluding hydrogens is 354 g/mol. The third-order valence-corrected chi connectivity index (χ3v) is 4.14. The first kappa shape index (κ1) is 18.9. The Morgan fingerprint density at radius 2 is 2.22 bits per heavy atom. The Labute approximate surface area is 155 Å². The summed E-state index contributed by atoms with van der Waals surface area (Å²) in [5, 5.41) is 8.61. The first-order chi connectivity index (χ1) is 13.0. The van der Waals surface area contributed by atoms with Crippen LogP contribution in [0.2, 0.25) is 0 Å². The molecule has 2 aliphatic heterocycles. The first-order valence-electron chi connectivity index (χ1n) is 8.46. The number of amidine groups is 1. The number of nitrogens with two attached hydrogens (primary N) is 2. The maximum Gasteiger partial charge on any atom is 0.295 e. The highest BCUT2D eigenvalue weighted by atomic mass is 19.3. The topological polar surface area (TPSA) is 126 Å². The lowest BCUT2D eigenvalue weighted by molar-refractivity contribution is 0.220. The predicted octanol–water partition coefficient (Wildman–Crippen LogP) is 0.537. The Balaban J connectivity index is 1.72. The summed E-state index contributed by atoms with van der Waals surface area (Å²) in [7, 11) is 0. The molecule has 144 valence electrons. The lowest BCUT2D eigenvalue weighted by Crippen LogP contribution is -2.45. The molecular formula is C17H22F2N8. The van der Waals surface area contributed by atoms with E-state index < -0.39 is 18.4 Å². The number of anilines is 1. The minimum absolute atomic E-state index is 0.272. The molecule has 0 amide bonds. The van der Waals surface area contributed by atoms with Crippen LogP contribution in [0.1, 0.15) is 11.1 Å². The number of nitrogens with one attached hydrogen (secondary N) is 3. The van der Waals surface area contributed by atoms with E-state index >= 15 is 0 Å². The number of pyridine rings is 1. The van der Waals surface area contributed by atoms with Crippen molar-refractivity contribution in [2.45, 2.75) is 25.6 Å². The Bertz CT molecular complexity index is 811. The van der Waals surface area contributed by atoms with Crippen molar-refractivity contribution >= 4 is 23.4 Å². The average molecular weight is 376 g/mol. The van der Waals surface area contributed by atoms with Gasteiger partial charge in [-0.05, 0) is 24.6 Å². The summed E-state index contributed by atoms with van der Waals surface area (Å²) in [5.74, 6) is 0.311. The Kier molecular flexibility index (Phi) is 5.77. The standard InChI is InChI=1S/C17H22F2N8/c1-9-2-14(26-15-3-13(21)25-17(27-15)16(18)19)24-8-12(9)10(4-20)5-23-11-6-22-7-11/h2-5,8,11,13,16,22H,6-7,20-21H2,1H3,(H,24,26)(H,25,27)/b10-4+,23-5?. The molecule has 0 radical (unpaired) electrons. The second-order valence-corrected chi connectivity index (χ2v) is 6.23. The van der Waals surface area contributed by atoms with Crippen molar-refractivity contribution in [1.82, 2.24) is 15.6 Å². The number of nitrogens with zero attached hydrogens (tertiary/aromatic N) is 3. The molecule has 0 saturated carbocycles. The van der Waals surface area contributed by atoms with Gasteiger partial charge in [0.15, 0.2) is 5.84 Å². The zero-order valence-electron chi connectivity index (χ0n) is 14.8. The lowest BCUT2D eigenvalue weighted by atomic mass is 10.0. The average Bonchev–Trinajstić information content (AvgIpc) is 2.57. The number of hydrogen-bond acceptors (Lipinski definition) is 8. The van der Waals surface area contributed by atoms with Crippen molar-refractivity contribution in [3.8, 4) is 0 Å². The van der Waals surface area contributed by atoms with Gasteiger partial charge >= 0.3 is 0 Å². The molecule has 0 aliphatic carbocycles. The highest BCUT2D eigenvalue weighted by Gasteiger charge is 2.20. The van der Waals surface area contributed by atoms with Crippen molar-refractivity contribution in [2.75, 3.05) is 18.4 Å². The maximum atomic E-state index is 12.9. The summed E-state index contributed by atoms with van der Waals surface area (Å²) >= 11 is 0. The van der Waals surface area contributed by atoms with Gasteiger partial charge in [-0.15, -0.1) is 0 Å². The van der Waals surface area contributed by atoms with Gasteiger partial charge in [-0.3, -0.25) is 4.99 Å². The van der Waals surface area contributed by atoms with E-state index in [1.165, 1.54) is 12.3 Å². The van der Waals surface area contributed by atoms with Crippen LogP contribution >= 0.6 is 0 Å². The zero-order valence-corrected chi connectivity index (χ0v) is 14.8. The summed E-state index contributed by atoms with van der Waals surface area (Å²) in [5.41, 5.74) is 13.9. The van der Waals surface area contributed by atoms with Crippen molar-refractivity contribution in [3.05, 3.63) is 41.5 Å². The van der Waals surface area contributed by atoms with Crippen LogP contribution in [0.5, 0.6) is 0 Å². The van der Waals surface area contributed by atoms with Gasteiger partial charge in [-0.25, -0.2) is 18.8 Å². The van der Waals surface area contributed by atoms with Crippen LogP contribution in [-0.2, 0) is 0 Å².